The van der Waals surface area contributed by atoms with Gasteiger partial charge in [0.1, 0.15) is 5.82 Å². The molecule has 0 unspecified atom stereocenters. The molecule has 2 aromatic rings. The van der Waals surface area contributed by atoms with E-state index in [1.165, 1.54) is 17.3 Å². The van der Waals surface area contributed by atoms with Crippen LogP contribution in [0.2, 0.25) is 0 Å². The molecule has 2 aromatic carbocycles. The molecule has 0 radical (unpaired) electrons. The zero-order chi connectivity index (χ0) is 16.8. The van der Waals surface area contributed by atoms with E-state index in [0.717, 1.165) is 26.3 Å². The van der Waals surface area contributed by atoms with Gasteiger partial charge in [0.15, 0.2) is 0 Å². The van der Waals surface area contributed by atoms with Gasteiger partial charge >= 0.3 is 0 Å². The third-order valence-electron chi connectivity index (χ3n) is 4.16. The molecule has 124 valence electrons. The van der Waals surface area contributed by atoms with Gasteiger partial charge in [-0.25, -0.2) is 4.39 Å². The number of ether oxygens (including phenoxy) is 1. The fraction of sp³-hybridized carbons (Fsp3) is 0.316. The van der Waals surface area contributed by atoms with Crippen LogP contribution in [-0.2, 0) is 17.8 Å². The average Bonchev–Trinajstić information content (AvgIpc) is 2.64. The van der Waals surface area contributed by atoms with Gasteiger partial charge in [0, 0.05) is 37.4 Å². The summed E-state index contributed by atoms with van der Waals surface area (Å²) in [6.07, 6.45) is 0. The Hall–Kier alpha value is -2.42. The SMILES string of the molecule is N#Cc1ccc(CNCc2ccccc2N2CCOCC2)c(F)c1. The number of morpholine rings is 1. The summed E-state index contributed by atoms with van der Waals surface area (Å²) in [5.74, 6) is -0.344. The summed E-state index contributed by atoms with van der Waals surface area (Å²) in [6, 6.07) is 14.8. The summed E-state index contributed by atoms with van der Waals surface area (Å²) >= 11 is 0. The normalized spacial score (nSPS) is 14.4. The van der Waals surface area contributed by atoms with Crippen LogP contribution >= 0.6 is 0 Å². The highest BCUT2D eigenvalue weighted by molar-refractivity contribution is 5.53. The third-order valence-corrected chi connectivity index (χ3v) is 4.16. The second kappa shape index (κ2) is 7.91. The molecule has 1 aliphatic heterocycles. The lowest BCUT2D eigenvalue weighted by molar-refractivity contribution is 0.122. The number of para-hydroxylation sites is 1. The molecule has 1 heterocycles. The highest BCUT2D eigenvalue weighted by Crippen LogP contribution is 2.21. The number of hydrogen-bond acceptors (Lipinski definition) is 4. The van der Waals surface area contributed by atoms with Crippen molar-refractivity contribution in [3.05, 3.63) is 65.0 Å². The number of hydrogen-bond donors (Lipinski definition) is 1. The Morgan fingerprint density at radius 2 is 1.83 bits per heavy atom. The van der Waals surface area contributed by atoms with Crippen LogP contribution < -0.4 is 10.2 Å². The predicted octanol–water partition coefficient (Wildman–Crippen LogP) is 2.82. The van der Waals surface area contributed by atoms with Gasteiger partial charge in [-0.15, -0.1) is 0 Å². The summed E-state index contributed by atoms with van der Waals surface area (Å²) in [5.41, 5.74) is 3.30. The van der Waals surface area contributed by atoms with Gasteiger partial charge in [-0.2, -0.15) is 5.26 Å². The van der Waals surface area contributed by atoms with Crippen LogP contribution in [-0.4, -0.2) is 26.3 Å². The van der Waals surface area contributed by atoms with Crippen molar-refractivity contribution in [2.75, 3.05) is 31.2 Å². The number of rotatable bonds is 5. The van der Waals surface area contributed by atoms with Gasteiger partial charge in [0.25, 0.3) is 0 Å². The Balaban J connectivity index is 1.64. The van der Waals surface area contributed by atoms with Crippen molar-refractivity contribution < 1.29 is 9.13 Å². The predicted molar refractivity (Wildman–Crippen MR) is 91.1 cm³/mol. The second-order valence-electron chi connectivity index (χ2n) is 5.75. The van der Waals surface area contributed by atoms with Crippen LogP contribution in [0.15, 0.2) is 42.5 Å². The van der Waals surface area contributed by atoms with Gasteiger partial charge in [0.2, 0.25) is 0 Å². The van der Waals surface area contributed by atoms with E-state index < -0.39 is 0 Å². The molecule has 0 bridgehead atoms. The molecule has 0 atom stereocenters. The fourth-order valence-electron chi connectivity index (χ4n) is 2.87. The molecule has 1 aliphatic rings. The van der Waals surface area contributed by atoms with E-state index in [0.29, 0.717) is 24.2 Å². The summed E-state index contributed by atoms with van der Waals surface area (Å²) in [7, 11) is 0. The minimum Gasteiger partial charge on any atom is -0.378 e. The van der Waals surface area contributed by atoms with E-state index in [1.807, 2.05) is 18.2 Å². The zero-order valence-corrected chi connectivity index (χ0v) is 13.5. The van der Waals surface area contributed by atoms with Crippen LogP contribution in [0.5, 0.6) is 0 Å². The Morgan fingerprint density at radius 3 is 2.58 bits per heavy atom. The van der Waals surface area contributed by atoms with E-state index in [4.69, 9.17) is 10.00 Å². The first-order chi connectivity index (χ1) is 11.8. The Morgan fingerprint density at radius 1 is 1.08 bits per heavy atom. The monoisotopic (exact) mass is 325 g/mol. The topological polar surface area (TPSA) is 48.3 Å². The smallest absolute Gasteiger partial charge is 0.129 e. The van der Waals surface area contributed by atoms with Crippen LogP contribution in [0, 0.1) is 17.1 Å². The number of halogens is 1. The second-order valence-corrected chi connectivity index (χ2v) is 5.75. The van der Waals surface area contributed by atoms with Gasteiger partial charge in [-0.3, -0.25) is 0 Å². The standard InChI is InChI=1S/C19H20FN3O/c20-18-11-15(12-21)5-6-16(18)13-22-14-17-3-1-2-4-19(17)23-7-9-24-10-8-23/h1-6,11,22H,7-10,13-14H2. The fourth-order valence-corrected chi connectivity index (χ4v) is 2.87. The van der Waals surface area contributed by atoms with Crippen molar-refractivity contribution in [2.24, 2.45) is 0 Å². The molecule has 0 aliphatic carbocycles. The van der Waals surface area contributed by atoms with Gasteiger partial charge in [-0.1, -0.05) is 24.3 Å². The van der Waals surface area contributed by atoms with Crippen LogP contribution in [0.25, 0.3) is 0 Å². The molecule has 4 nitrogen and oxygen atoms in total. The molecule has 0 spiro atoms. The molecule has 1 N–H and O–H groups in total. The van der Waals surface area contributed by atoms with Crippen molar-refractivity contribution in [2.45, 2.75) is 13.1 Å². The van der Waals surface area contributed by atoms with Gasteiger partial charge < -0.3 is 15.0 Å². The van der Waals surface area contributed by atoms with E-state index in [-0.39, 0.29) is 5.82 Å². The lowest BCUT2D eigenvalue weighted by Crippen LogP contribution is -2.37. The maximum absolute atomic E-state index is 13.9. The molecule has 3 rings (SSSR count). The van der Waals surface area contributed by atoms with Crippen LogP contribution in [0.4, 0.5) is 10.1 Å². The molecule has 0 saturated carbocycles. The molecule has 5 heteroatoms. The molecule has 24 heavy (non-hydrogen) atoms. The van der Waals surface area contributed by atoms with Crippen molar-refractivity contribution in [1.82, 2.24) is 5.32 Å². The Kier molecular flexibility index (Phi) is 5.42. The summed E-state index contributed by atoms with van der Waals surface area (Å²) in [6.45, 7) is 4.36. The van der Waals surface area contributed by atoms with Crippen molar-refractivity contribution in [1.29, 1.82) is 5.26 Å². The van der Waals surface area contributed by atoms with Crippen LogP contribution in [0.3, 0.4) is 0 Å². The van der Waals surface area contributed by atoms with E-state index in [9.17, 15) is 4.39 Å². The minimum absolute atomic E-state index is 0.342. The van der Waals surface area contributed by atoms with E-state index in [2.05, 4.69) is 22.3 Å². The lowest BCUT2D eigenvalue weighted by Gasteiger charge is -2.30. The average molecular weight is 325 g/mol. The molecule has 1 fully saturated rings. The first-order valence-electron chi connectivity index (χ1n) is 8.08. The molecule has 0 amide bonds. The number of benzene rings is 2. The minimum atomic E-state index is -0.344. The number of nitriles is 1. The van der Waals surface area contributed by atoms with Crippen LogP contribution in [0.1, 0.15) is 16.7 Å². The Bertz CT molecular complexity index is 736. The highest BCUT2D eigenvalue weighted by atomic mass is 19.1. The molecular formula is C19H20FN3O. The lowest BCUT2D eigenvalue weighted by atomic mass is 10.1. The number of anilines is 1. The summed E-state index contributed by atoms with van der Waals surface area (Å²) < 4.78 is 19.3. The highest BCUT2D eigenvalue weighted by Gasteiger charge is 2.14. The number of nitrogens with zero attached hydrogens (tertiary/aromatic N) is 2. The quantitative estimate of drug-likeness (QED) is 0.918. The first kappa shape index (κ1) is 16.4. The number of nitrogens with one attached hydrogen (secondary N) is 1. The van der Waals surface area contributed by atoms with E-state index >= 15 is 0 Å². The molecule has 1 saturated heterocycles. The van der Waals surface area contributed by atoms with Crippen molar-refractivity contribution in [3.8, 4) is 6.07 Å². The third kappa shape index (κ3) is 3.91. The maximum Gasteiger partial charge on any atom is 0.129 e. The molecule has 0 aromatic heterocycles. The van der Waals surface area contributed by atoms with E-state index in [1.54, 1.807) is 12.1 Å². The summed E-state index contributed by atoms with van der Waals surface area (Å²) in [4.78, 5) is 2.32. The van der Waals surface area contributed by atoms with Crippen molar-refractivity contribution in [3.63, 3.8) is 0 Å². The summed E-state index contributed by atoms with van der Waals surface area (Å²) in [5, 5.41) is 12.1. The molecular weight excluding hydrogens is 305 g/mol. The maximum atomic E-state index is 13.9. The Labute approximate surface area is 141 Å². The van der Waals surface area contributed by atoms with Gasteiger partial charge in [-0.05, 0) is 23.8 Å². The largest absolute Gasteiger partial charge is 0.378 e. The zero-order valence-electron chi connectivity index (χ0n) is 13.5. The van der Waals surface area contributed by atoms with Gasteiger partial charge in [0.05, 0.1) is 24.8 Å². The first-order valence-corrected chi connectivity index (χ1v) is 8.08. The van der Waals surface area contributed by atoms with Crippen molar-refractivity contribution >= 4 is 5.69 Å².